The summed E-state index contributed by atoms with van der Waals surface area (Å²) in [4.78, 5) is 11.8. The molecule has 5 nitrogen and oxygen atoms in total. The number of nitrogens with one attached hydrogen (secondary N) is 2. The zero-order valence-electron chi connectivity index (χ0n) is 16.2. The minimum Gasteiger partial charge on any atom is -0.357 e. The zero-order chi connectivity index (χ0) is 17.9. The van der Waals surface area contributed by atoms with E-state index in [9.17, 15) is 0 Å². The van der Waals surface area contributed by atoms with Crippen LogP contribution in [0.1, 0.15) is 50.2 Å². The zero-order valence-corrected chi connectivity index (χ0v) is 17.0. The number of aryl methyl sites for hydroxylation is 2. The molecule has 0 atom stereocenters. The first kappa shape index (κ1) is 20.2. The van der Waals surface area contributed by atoms with E-state index >= 15 is 0 Å². The van der Waals surface area contributed by atoms with Crippen molar-refractivity contribution in [2.75, 3.05) is 39.3 Å². The Kier molecular flexibility index (Phi) is 9.26. The lowest BCUT2D eigenvalue weighted by Crippen LogP contribution is -2.39. The average molecular weight is 366 g/mol. The molecule has 1 aliphatic rings. The molecule has 6 heteroatoms. The van der Waals surface area contributed by atoms with Gasteiger partial charge in [-0.05, 0) is 65.1 Å². The number of aromatic nitrogens is 1. The molecule has 0 aromatic carbocycles. The molecular formula is C19H35N5S. The van der Waals surface area contributed by atoms with Gasteiger partial charge in [0, 0.05) is 37.1 Å². The van der Waals surface area contributed by atoms with Crippen molar-refractivity contribution in [2.24, 2.45) is 10.9 Å². The lowest BCUT2D eigenvalue weighted by atomic mass is 9.99. The molecule has 0 bridgehead atoms. The van der Waals surface area contributed by atoms with E-state index in [1.54, 1.807) is 11.3 Å². The Morgan fingerprint density at radius 3 is 2.80 bits per heavy atom. The largest absolute Gasteiger partial charge is 0.357 e. The van der Waals surface area contributed by atoms with Crippen LogP contribution in [0.2, 0.25) is 0 Å². The third-order valence-electron chi connectivity index (χ3n) is 4.65. The van der Waals surface area contributed by atoms with Gasteiger partial charge in [0.1, 0.15) is 0 Å². The topological polar surface area (TPSA) is 52.6 Å². The molecule has 2 heterocycles. The summed E-state index contributed by atoms with van der Waals surface area (Å²) in [6.45, 7) is 13.0. The second-order valence-corrected chi connectivity index (χ2v) is 7.99. The maximum absolute atomic E-state index is 4.69. The molecule has 1 fully saturated rings. The first-order valence-electron chi connectivity index (χ1n) is 9.83. The highest BCUT2D eigenvalue weighted by Crippen LogP contribution is 2.15. The van der Waals surface area contributed by atoms with Crippen molar-refractivity contribution in [3.05, 3.63) is 16.1 Å². The van der Waals surface area contributed by atoms with Crippen molar-refractivity contribution in [2.45, 2.75) is 52.9 Å². The van der Waals surface area contributed by atoms with Gasteiger partial charge < -0.3 is 15.5 Å². The van der Waals surface area contributed by atoms with E-state index in [4.69, 9.17) is 0 Å². The minimum atomic E-state index is 0.845. The van der Waals surface area contributed by atoms with Crippen molar-refractivity contribution in [1.29, 1.82) is 0 Å². The van der Waals surface area contributed by atoms with Crippen LogP contribution >= 0.6 is 11.3 Å². The smallest absolute Gasteiger partial charge is 0.191 e. The Hall–Kier alpha value is -1.14. The van der Waals surface area contributed by atoms with Crippen LogP contribution in [-0.4, -0.2) is 55.1 Å². The van der Waals surface area contributed by atoms with Crippen molar-refractivity contribution in [3.8, 4) is 0 Å². The summed E-state index contributed by atoms with van der Waals surface area (Å²) in [5.74, 6) is 1.86. The van der Waals surface area contributed by atoms with Crippen LogP contribution in [0.15, 0.2) is 10.4 Å². The van der Waals surface area contributed by atoms with Crippen LogP contribution in [0.3, 0.4) is 0 Å². The number of piperidine rings is 1. The number of thiazole rings is 1. The summed E-state index contributed by atoms with van der Waals surface area (Å²) < 4.78 is 0. The Morgan fingerprint density at radius 2 is 2.12 bits per heavy atom. The highest BCUT2D eigenvalue weighted by molar-refractivity contribution is 7.09. The number of likely N-dealkylation sites (tertiary alicyclic amines) is 1. The number of aliphatic imine (C=N–C) groups is 1. The summed E-state index contributed by atoms with van der Waals surface area (Å²) >= 11 is 1.75. The second-order valence-electron chi connectivity index (χ2n) is 7.05. The molecule has 0 spiro atoms. The monoisotopic (exact) mass is 365 g/mol. The summed E-state index contributed by atoms with van der Waals surface area (Å²) in [6.07, 6.45) is 5.97. The molecule has 1 saturated heterocycles. The maximum atomic E-state index is 4.69. The fourth-order valence-corrected chi connectivity index (χ4v) is 3.89. The van der Waals surface area contributed by atoms with Crippen LogP contribution in [0.4, 0.5) is 0 Å². The van der Waals surface area contributed by atoms with Crippen molar-refractivity contribution < 1.29 is 0 Å². The lowest BCUT2D eigenvalue weighted by Gasteiger charge is -2.30. The Morgan fingerprint density at radius 1 is 1.32 bits per heavy atom. The molecule has 142 valence electrons. The molecule has 1 aromatic rings. The summed E-state index contributed by atoms with van der Waals surface area (Å²) in [7, 11) is 0. The minimum absolute atomic E-state index is 0.845. The average Bonchev–Trinajstić information content (AvgIpc) is 3.02. The molecule has 0 unspecified atom stereocenters. The van der Waals surface area contributed by atoms with Gasteiger partial charge in [-0.2, -0.15) is 0 Å². The first-order valence-corrected chi connectivity index (χ1v) is 10.7. The molecule has 2 rings (SSSR count). The predicted octanol–water partition coefficient (Wildman–Crippen LogP) is 3.06. The van der Waals surface area contributed by atoms with E-state index in [-0.39, 0.29) is 0 Å². The number of guanidine groups is 1. The molecule has 1 aliphatic heterocycles. The molecule has 0 radical (unpaired) electrons. The van der Waals surface area contributed by atoms with E-state index in [1.807, 2.05) is 0 Å². The second kappa shape index (κ2) is 11.5. The SMILES string of the molecule is CCNC(=NCCCc1nc(C)cs1)NCCCN1CCC(C)CC1. The third-order valence-corrected chi connectivity index (χ3v) is 5.68. The van der Waals surface area contributed by atoms with Crippen LogP contribution in [0.5, 0.6) is 0 Å². The van der Waals surface area contributed by atoms with Gasteiger partial charge in [-0.25, -0.2) is 4.98 Å². The van der Waals surface area contributed by atoms with Crippen molar-refractivity contribution in [3.63, 3.8) is 0 Å². The van der Waals surface area contributed by atoms with Gasteiger partial charge in [-0.3, -0.25) is 4.99 Å². The maximum Gasteiger partial charge on any atom is 0.191 e. The number of nitrogens with zero attached hydrogens (tertiary/aromatic N) is 3. The fraction of sp³-hybridized carbons (Fsp3) is 0.789. The first-order chi connectivity index (χ1) is 12.2. The molecule has 0 aliphatic carbocycles. The van der Waals surface area contributed by atoms with Gasteiger partial charge in [0.15, 0.2) is 5.96 Å². The Bertz CT molecular complexity index is 506. The Labute approximate surface area is 157 Å². The van der Waals surface area contributed by atoms with E-state index in [2.05, 4.69) is 51.7 Å². The molecule has 0 saturated carbocycles. The van der Waals surface area contributed by atoms with Gasteiger partial charge in [0.25, 0.3) is 0 Å². The Balaban J connectivity index is 1.60. The molecular weight excluding hydrogens is 330 g/mol. The van der Waals surface area contributed by atoms with Gasteiger partial charge >= 0.3 is 0 Å². The van der Waals surface area contributed by atoms with Crippen LogP contribution in [0.25, 0.3) is 0 Å². The molecule has 25 heavy (non-hydrogen) atoms. The summed E-state index contributed by atoms with van der Waals surface area (Å²) in [5.41, 5.74) is 1.13. The van der Waals surface area contributed by atoms with Crippen molar-refractivity contribution >= 4 is 17.3 Å². The van der Waals surface area contributed by atoms with E-state index in [0.29, 0.717) is 0 Å². The molecule has 0 amide bonds. The summed E-state index contributed by atoms with van der Waals surface area (Å²) in [5, 5.41) is 10.2. The number of hydrogen-bond donors (Lipinski definition) is 2. The van der Waals surface area contributed by atoms with Gasteiger partial charge in [0.05, 0.1) is 5.01 Å². The summed E-state index contributed by atoms with van der Waals surface area (Å²) in [6, 6.07) is 0. The number of hydrogen-bond acceptors (Lipinski definition) is 4. The fourth-order valence-electron chi connectivity index (χ4n) is 3.08. The van der Waals surface area contributed by atoms with Gasteiger partial charge in [-0.15, -0.1) is 11.3 Å². The van der Waals surface area contributed by atoms with Gasteiger partial charge in [-0.1, -0.05) is 6.92 Å². The van der Waals surface area contributed by atoms with Crippen LogP contribution < -0.4 is 10.6 Å². The van der Waals surface area contributed by atoms with E-state index in [1.165, 1.54) is 43.9 Å². The quantitative estimate of drug-likeness (QED) is 0.401. The standard InChI is InChI=1S/C19H35N5S/c1-4-20-19(21-10-5-7-18-23-17(3)15-25-18)22-11-6-12-24-13-8-16(2)9-14-24/h15-16H,4-14H2,1-3H3,(H2,20,21,22). The van der Waals surface area contributed by atoms with Crippen LogP contribution in [0, 0.1) is 12.8 Å². The molecule has 1 aromatic heterocycles. The predicted molar refractivity (Wildman–Crippen MR) is 109 cm³/mol. The number of rotatable bonds is 9. The van der Waals surface area contributed by atoms with E-state index in [0.717, 1.165) is 50.0 Å². The van der Waals surface area contributed by atoms with Crippen molar-refractivity contribution in [1.82, 2.24) is 20.5 Å². The molecule has 2 N–H and O–H groups in total. The van der Waals surface area contributed by atoms with Gasteiger partial charge in [0.2, 0.25) is 0 Å². The van der Waals surface area contributed by atoms with E-state index < -0.39 is 0 Å². The highest BCUT2D eigenvalue weighted by Gasteiger charge is 2.14. The third kappa shape index (κ3) is 8.19. The van der Waals surface area contributed by atoms with Crippen LogP contribution in [-0.2, 0) is 6.42 Å². The normalized spacial score (nSPS) is 17.0. The lowest BCUT2D eigenvalue weighted by molar-refractivity contribution is 0.191. The highest BCUT2D eigenvalue weighted by atomic mass is 32.1.